The highest BCUT2D eigenvalue weighted by Crippen LogP contribution is 2.42. The Kier molecular flexibility index (Phi) is 6.71. The van der Waals surface area contributed by atoms with Crippen LogP contribution in [0.2, 0.25) is 0 Å². The summed E-state index contributed by atoms with van der Waals surface area (Å²) >= 11 is 1.51. The van der Waals surface area contributed by atoms with Gasteiger partial charge in [-0.3, -0.25) is 0 Å². The number of aliphatic hydroxyl groups excluding tert-OH is 2. The van der Waals surface area contributed by atoms with Crippen LogP contribution >= 0.6 is 11.8 Å². The van der Waals surface area contributed by atoms with Crippen LogP contribution in [-0.2, 0) is 21.7 Å². The van der Waals surface area contributed by atoms with Gasteiger partial charge in [-0.1, -0.05) is 24.3 Å². The first-order valence-electron chi connectivity index (χ1n) is 10.7. The standard InChI is InChI=1S/C25H29NO4S/c1-29-25(13-21(28)12-22(15-27)30-25)20-10-19(23(14-26)24(11-20)31-2)9-16-3-5-17(6-4-16)18-7-8-18/h3-6,10-11,18,21-22,27-28H,7-9,12-13,15H2,1-2H3. The smallest absolute Gasteiger partial charge is 0.197 e. The summed E-state index contributed by atoms with van der Waals surface area (Å²) in [5.41, 5.74) is 4.86. The molecule has 0 bridgehead atoms. The van der Waals surface area contributed by atoms with E-state index in [0.717, 1.165) is 21.6 Å². The summed E-state index contributed by atoms with van der Waals surface area (Å²) in [6.45, 7) is -0.186. The number of rotatable bonds is 7. The van der Waals surface area contributed by atoms with Gasteiger partial charge in [-0.25, -0.2) is 0 Å². The second-order valence-corrected chi connectivity index (χ2v) is 9.34. The molecule has 2 fully saturated rings. The van der Waals surface area contributed by atoms with E-state index in [1.54, 1.807) is 7.11 Å². The zero-order chi connectivity index (χ0) is 22.0. The number of ether oxygens (including phenoxy) is 2. The molecular formula is C25H29NO4S. The Balaban J connectivity index is 1.72. The van der Waals surface area contributed by atoms with Gasteiger partial charge in [0.05, 0.1) is 24.4 Å². The Morgan fingerprint density at radius 1 is 1.26 bits per heavy atom. The van der Waals surface area contributed by atoms with E-state index in [0.29, 0.717) is 24.3 Å². The predicted octanol–water partition coefficient (Wildman–Crippen LogP) is 4.08. The monoisotopic (exact) mass is 439 g/mol. The van der Waals surface area contributed by atoms with E-state index in [4.69, 9.17) is 9.47 Å². The van der Waals surface area contributed by atoms with Crippen molar-refractivity contribution in [2.75, 3.05) is 20.0 Å². The van der Waals surface area contributed by atoms with Crippen molar-refractivity contribution in [3.63, 3.8) is 0 Å². The van der Waals surface area contributed by atoms with Crippen molar-refractivity contribution in [1.82, 2.24) is 0 Å². The summed E-state index contributed by atoms with van der Waals surface area (Å²) in [5, 5.41) is 29.9. The fourth-order valence-corrected chi connectivity index (χ4v) is 5.10. The van der Waals surface area contributed by atoms with E-state index in [2.05, 4.69) is 30.3 Å². The van der Waals surface area contributed by atoms with E-state index >= 15 is 0 Å². The quantitative estimate of drug-likeness (QED) is 0.633. The van der Waals surface area contributed by atoms with Crippen LogP contribution < -0.4 is 0 Å². The fourth-order valence-electron chi connectivity index (χ4n) is 4.47. The third-order valence-corrected chi connectivity index (χ3v) is 7.07. The Hall–Kier alpha value is -1.88. The topological polar surface area (TPSA) is 82.7 Å². The molecule has 31 heavy (non-hydrogen) atoms. The number of hydrogen-bond acceptors (Lipinski definition) is 6. The largest absolute Gasteiger partial charge is 0.394 e. The normalized spacial score (nSPS) is 25.9. The van der Waals surface area contributed by atoms with Crippen LogP contribution in [0.1, 0.15) is 59.4 Å². The highest BCUT2D eigenvalue weighted by molar-refractivity contribution is 7.98. The van der Waals surface area contributed by atoms with Crippen LogP contribution in [0.5, 0.6) is 0 Å². The van der Waals surface area contributed by atoms with Crippen LogP contribution in [0.3, 0.4) is 0 Å². The van der Waals surface area contributed by atoms with Crippen LogP contribution in [-0.4, -0.2) is 42.4 Å². The molecule has 6 heteroatoms. The number of benzene rings is 2. The highest BCUT2D eigenvalue weighted by Gasteiger charge is 2.43. The first-order chi connectivity index (χ1) is 15.0. The maximum absolute atomic E-state index is 10.4. The molecule has 1 saturated carbocycles. The van der Waals surface area contributed by atoms with Gasteiger partial charge in [0.25, 0.3) is 0 Å². The average molecular weight is 440 g/mol. The summed E-state index contributed by atoms with van der Waals surface area (Å²) < 4.78 is 11.9. The van der Waals surface area contributed by atoms with Gasteiger partial charge in [0, 0.05) is 30.4 Å². The summed E-state index contributed by atoms with van der Waals surface area (Å²) in [7, 11) is 1.56. The van der Waals surface area contributed by atoms with E-state index in [1.807, 2.05) is 18.4 Å². The van der Waals surface area contributed by atoms with Crippen LogP contribution in [0.25, 0.3) is 0 Å². The first-order valence-corrected chi connectivity index (χ1v) is 12.0. The molecule has 3 atom stereocenters. The number of nitriles is 1. The summed E-state index contributed by atoms with van der Waals surface area (Å²) in [5.74, 6) is -0.445. The Labute approximate surface area is 188 Å². The molecule has 1 aliphatic carbocycles. The molecule has 164 valence electrons. The molecule has 0 radical (unpaired) electrons. The first kappa shape index (κ1) is 22.3. The predicted molar refractivity (Wildman–Crippen MR) is 120 cm³/mol. The van der Waals surface area contributed by atoms with Gasteiger partial charge in [-0.15, -0.1) is 11.8 Å². The lowest BCUT2D eigenvalue weighted by molar-refractivity contribution is -0.299. The van der Waals surface area contributed by atoms with Crippen molar-refractivity contribution in [3.05, 3.63) is 64.2 Å². The van der Waals surface area contributed by atoms with Crippen molar-refractivity contribution in [2.24, 2.45) is 0 Å². The van der Waals surface area contributed by atoms with Crippen molar-refractivity contribution in [1.29, 1.82) is 5.26 Å². The molecule has 0 amide bonds. The molecule has 2 aromatic carbocycles. The van der Waals surface area contributed by atoms with Crippen molar-refractivity contribution < 1.29 is 19.7 Å². The van der Waals surface area contributed by atoms with E-state index in [-0.39, 0.29) is 13.0 Å². The highest BCUT2D eigenvalue weighted by atomic mass is 32.2. The Bertz CT molecular complexity index is 967. The van der Waals surface area contributed by atoms with Crippen LogP contribution in [0.4, 0.5) is 0 Å². The zero-order valence-electron chi connectivity index (χ0n) is 18.0. The molecule has 1 aliphatic heterocycles. The minimum atomic E-state index is -1.16. The minimum absolute atomic E-state index is 0.186. The molecule has 3 unspecified atom stereocenters. The van der Waals surface area contributed by atoms with Crippen LogP contribution in [0, 0.1) is 11.3 Å². The molecule has 0 aromatic heterocycles. The van der Waals surface area contributed by atoms with Gasteiger partial charge in [-0.2, -0.15) is 5.26 Å². The van der Waals surface area contributed by atoms with Gasteiger partial charge in [-0.05, 0) is 60.3 Å². The van der Waals surface area contributed by atoms with Gasteiger partial charge in [0.2, 0.25) is 0 Å². The number of thioether (sulfide) groups is 1. The molecular weight excluding hydrogens is 410 g/mol. The zero-order valence-corrected chi connectivity index (χ0v) is 18.8. The van der Waals surface area contributed by atoms with Crippen molar-refractivity contribution in [3.8, 4) is 6.07 Å². The number of methoxy groups -OCH3 is 1. The number of hydrogen-bond donors (Lipinski definition) is 2. The third-order valence-electron chi connectivity index (χ3n) is 6.31. The van der Waals surface area contributed by atoms with E-state index in [9.17, 15) is 15.5 Å². The lowest BCUT2D eigenvalue weighted by Gasteiger charge is -2.42. The average Bonchev–Trinajstić information content (AvgIpc) is 3.64. The minimum Gasteiger partial charge on any atom is -0.394 e. The lowest BCUT2D eigenvalue weighted by Crippen LogP contribution is -2.46. The Morgan fingerprint density at radius 3 is 2.58 bits per heavy atom. The molecule has 1 heterocycles. The second kappa shape index (κ2) is 9.32. The maximum atomic E-state index is 10.4. The maximum Gasteiger partial charge on any atom is 0.197 e. The SMILES string of the molecule is COC1(c2cc(Cc3ccc(C4CC4)cc3)c(C#N)c(SC)c2)CC(O)CC(CO)O1. The molecule has 4 rings (SSSR count). The number of nitrogens with zero attached hydrogens (tertiary/aromatic N) is 1. The van der Waals surface area contributed by atoms with Crippen molar-refractivity contribution in [2.45, 2.75) is 60.9 Å². The van der Waals surface area contributed by atoms with E-state index in [1.165, 1.54) is 30.2 Å². The third kappa shape index (κ3) is 4.67. The fraction of sp³-hybridized carbons (Fsp3) is 0.480. The summed E-state index contributed by atoms with van der Waals surface area (Å²) in [4.78, 5) is 0.852. The molecule has 1 saturated heterocycles. The Morgan fingerprint density at radius 2 is 2.00 bits per heavy atom. The van der Waals surface area contributed by atoms with Gasteiger partial charge >= 0.3 is 0 Å². The van der Waals surface area contributed by atoms with Gasteiger partial charge in [0.15, 0.2) is 5.79 Å². The summed E-state index contributed by atoms with van der Waals surface area (Å²) in [6.07, 6.45) is 4.62. The van der Waals surface area contributed by atoms with Crippen molar-refractivity contribution >= 4 is 11.8 Å². The molecule has 2 N–H and O–H groups in total. The molecule has 2 aromatic rings. The van der Waals surface area contributed by atoms with Gasteiger partial charge < -0.3 is 19.7 Å². The second-order valence-electron chi connectivity index (χ2n) is 8.49. The van der Waals surface area contributed by atoms with E-state index < -0.39 is 18.0 Å². The summed E-state index contributed by atoms with van der Waals surface area (Å²) in [6, 6.07) is 14.9. The molecule has 2 aliphatic rings. The lowest BCUT2D eigenvalue weighted by atomic mass is 9.89. The van der Waals surface area contributed by atoms with Crippen LogP contribution in [0.15, 0.2) is 41.3 Å². The van der Waals surface area contributed by atoms with Gasteiger partial charge in [0.1, 0.15) is 6.07 Å². The number of aliphatic hydroxyl groups is 2. The molecule has 0 spiro atoms. The molecule has 5 nitrogen and oxygen atoms in total.